The van der Waals surface area contributed by atoms with Gasteiger partial charge in [-0.2, -0.15) is 0 Å². The fraction of sp³-hybridized carbons (Fsp3) is 0.259. The molecule has 0 saturated carbocycles. The molecule has 6 nitrogen and oxygen atoms in total. The Balaban J connectivity index is 1.38. The third-order valence-electron chi connectivity index (χ3n) is 5.88. The van der Waals surface area contributed by atoms with E-state index in [1.54, 1.807) is 50.6 Å². The minimum atomic E-state index is -0.0725. The predicted octanol–water partition coefficient (Wildman–Crippen LogP) is 4.68. The lowest BCUT2D eigenvalue weighted by molar-refractivity contribution is -0.134. The first-order valence-electron chi connectivity index (χ1n) is 10.9. The van der Waals surface area contributed by atoms with Crippen LogP contribution in [-0.4, -0.2) is 44.0 Å². The summed E-state index contributed by atoms with van der Waals surface area (Å²) in [6.45, 7) is 0.626. The molecule has 1 aliphatic rings. The first-order valence-corrected chi connectivity index (χ1v) is 10.9. The van der Waals surface area contributed by atoms with Gasteiger partial charge in [-0.3, -0.25) is 9.59 Å². The first kappa shape index (κ1) is 22.4. The van der Waals surface area contributed by atoms with Crippen LogP contribution in [0.2, 0.25) is 0 Å². The van der Waals surface area contributed by atoms with Crippen molar-refractivity contribution in [1.29, 1.82) is 0 Å². The third kappa shape index (κ3) is 5.00. The lowest BCUT2D eigenvalue weighted by atomic mass is 10.0. The molecule has 0 aromatic heterocycles. The van der Waals surface area contributed by atoms with E-state index in [1.165, 1.54) is 0 Å². The third-order valence-corrected chi connectivity index (χ3v) is 5.88. The molecular formula is C27H27NO5. The molecule has 0 radical (unpaired) electrons. The van der Waals surface area contributed by atoms with Crippen LogP contribution in [0.5, 0.6) is 17.2 Å². The lowest BCUT2D eigenvalue weighted by Gasteiger charge is -2.25. The summed E-state index contributed by atoms with van der Waals surface area (Å²) in [6.07, 6.45) is 1.82. The molecule has 1 aliphatic heterocycles. The Kier molecular flexibility index (Phi) is 6.93. The second-order valence-corrected chi connectivity index (χ2v) is 7.87. The number of amides is 1. The number of likely N-dealkylation sites (tertiary alicyclic amines) is 1. The highest BCUT2D eigenvalue weighted by Crippen LogP contribution is 2.37. The van der Waals surface area contributed by atoms with E-state index in [1.807, 2.05) is 41.3 Å². The van der Waals surface area contributed by atoms with Crippen LogP contribution < -0.4 is 14.2 Å². The van der Waals surface area contributed by atoms with Gasteiger partial charge in [-0.1, -0.05) is 36.4 Å². The minimum absolute atomic E-state index is 0.0215. The highest BCUT2D eigenvalue weighted by Gasteiger charge is 2.30. The van der Waals surface area contributed by atoms with Crippen molar-refractivity contribution < 1.29 is 23.8 Å². The molecule has 0 bridgehead atoms. The number of nitrogens with zero attached hydrogens (tertiary/aromatic N) is 1. The van der Waals surface area contributed by atoms with Gasteiger partial charge in [-0.15, -0.1) is 0 Å². The molecule has 3 aromatic rings. The van der Waals surface area contributed by atoms with Crippen molar-refractivity contribution >= 4 is 11.7 Å². The van der Waals surface area contributed by atoms with Crippen LogP contribution in [0.25, 0.3) is 0 Å². The van der Waals surface area contributed by atoms with Crippen LogP contribution in [0.4, 0.5) is 0 Å². The van der Waals surface area contributed by atoms with E-state index in [-0.39, 0.29) is 24.3 Å². The van der Waals surface area contributed by atoms with Crippen molar-refractivity contribution in [3.8, 4) is 17.2 Å². The summed E-state index contributed by atoms with van der Waals surface area (Å²) in [7, 11) is 3.20. The average Bonchev–Trinajstić information content (AvgIpc) is 3.37. The van der Waals surface area contributed by atoms with Gasteiger partial charge in [0, 0.05) is 17.7 Å². The molecule has 1 heterocycles. The fourth-order valence-electron chi connectivity index (χ4n) is 4.16. The first-order chi connectivity index (χ1) is 16.1. The number of methoxy groups -OCH3 is 2. The van der Waals surface area contributed by atoms with Gasteiger partial charge in [0.05, 0.1) is 20.3 Å². The maximum atomic E-state index is 12.9. The maximum Gasteiger partial charge on any atom is 0.261 e. The molecule has 6 heteroatoms. The zero-order chi connectivity index (χ0) is 23.2. The average molecular weight is 446 g/mol. The van der Waals surface area contributed by atoms with Crippen molar-refractivity contribution in [3.63, 3.8) is 0 Å². The van der Waals surface area contributed by atoms with E-state index < -0.39 is 0 Å². The lowest BCUT2D eigenvalue weighted by Crippen LogP contribution is -2.34. The molecule has 170 valence electrons. The molecule has 1 fully saturated rings. The summed E-state index contributed by atoms with van der Waals surface area (Å²) in [6, 6.07) is 21.8. The topological polar surface area (TPSA) is 65.1 Å². The smallest absolute Gasteiger partial charge is 0.261 e. The molecule has 1 saturated heterocycles. The Bertz CT molecular complexity index is 1110. The van der Waals surface area contributed by atoms with E-state index in [0.717, 1.165) is 18.4 Å². The van der Waals surface area contributed by atoms with Gasteiger partial charge in [-0.05, 0) is 54.8 Å². The summed E-state index contributed by atoms with van der Waals surface area (Å²) >= 11 is 0. The van der Waals surface area contributed by atoms with E-state index in [2.05, 4.69) is 0 Å². The second-order valence-electron chi connectivity index (χ2n) is 7.87. The predicted molar refractivity (Wildman–Crippen MR) is 125 cm³/mol. The Morgan fingerprint density at radius 1 is 0.879 bits per heavy atom. The van der Waals surface area contributed by atoms with Gasteiger partial charge in [-0.25, -0.2) is 0 Å². The molecule has 3 aromatic carbocycles. The molecular weight excluding hydrogens is 418 g/mol. The molecule has 0 unspecified atom stereocenters. The number of ether oxygens (including phenoxy) is 3. The largest absolute Gasteiger partial charge is 0.493 e. The summed E-state index contributed by atoms with van der Waals surface area (Å²) < 4.78 is 16.5. The summed E-state index contributed by atoms with van der Waals surface area (Å²) in [5, 5.41) is 0. The highest BCUT2D eigenvalue weighted by molar-refractivity contribution is 6.09. The van der Waals surface area contributed by atoms with Gasteiger partial charge in [0.1, 0.15) is 5.75 Å². The normalized spacial score (nSPS) is 15.2. The Hall–Kier alpha value is -3.80. The number of ketones is 1. The quantitative estimate of drug-likeness (QED) is 0.471. The molecule has 0 spiro atoms. The molecule has 33 heavy (non-hydrogen) atoms. The van der Waals surface area contributed by atoms with Crippen molar-refractivity contribution in [1.82, 2.24) is 4.90 Å². The van der Waals surface area contributed by atoms with Crippen LogP contribution in [0.15, 0.2) is 72.8 Å². The van der Waals surface area contributed by atoms with E-state index >= 15 is 0 Å². The Morgan fingerprint density at radius 2 is 1.58 bits per heavy atom. The monoisotopic (exact) mass is 445 g/mol. The van der Waals surface area contributed by atoms with E-state index in [9.17, 15) is 9.59 Å². The molecule has 1 atom stereocenters. The molecule has 0 N–H and O–H groups in total. The Labute approximate surface area is 193 Å². The van der Waals surface area contributed by atoms with E-state index in [0.29, 0.717) is 34.9 Å². The summed E-state index contributed by atoms with van der Waals surface area (Å²) in [4.78, 5) is 27.3. The number of carbonyl (C=O) groups excluding carboxylic acids is 2. The van der Waals surface area contributed by atoms with Crippen LogP contribution in [0.3, 0.4) is 0 Å². The maximum absolute atomic E-state index is 12.9. The van der Waals surface area contributed by atoms with Crippen LogP contribution in [0, 0.1) is 0 Å². The van der Waals surface area contributed by atoms with E-state index in [4.69, 9.17) is 14.2 Å². The van der Waals surface area contributed by atoms with Gasteiger partial charge in [0.15, 0.2) is 23.9 Å². The van der Waals surface area contributed by atoms with Crippen molar-refractivity contribution in [2.75, 3.05) is 27.4 Å². The molecule has 0 aliphatic carbocycles. The van der Waals surface area contributed by atoms with Crippen LogP contribution in [-0.2, 0) is 4.79 Å². The van der Waals surface area contributed by atoms with Gasteiger partial charge >= 0.3 is 0 Å². The fourth-order valence-corrected chi connectivity index (χ4v) is 4.16. The van der Waals surface area contributed by atoms with Gasteiger partial charge in [0.2, 0.25) is 0 Å². The zero-order valence-electron chi connectivity index (χ0n) is 18.8. The number of carbonyl (C=O) groups is 2. The Morgan fingerprint density at radius 3 is 2.27 bits per heavy atom. The number of rotatable bonds is 8. The summed E-state index contributed by atoms with van der Waals surface area (Å²) in [5.74, 6) is 1.74. The van der Waals surface area contributed by atoms with Crippen molar-refractivity contribution in [2.45, 2.75) is 18.9 Å². The highest BCUT2D eigenvalue weighted by atomic mass is 16.5. The van der Waals surface area contributed by atoms with Crippen LogP contribution in [0.1, 0.15) is 40.4 Å². The minimum Gasteiger partial charge on any atom is -0.493 e. The standard InChI is InChI=1S/C27H27NO5/c1-31-24-15-12-21(17-25(24)32-2)23-9-6-16-28(23)26(29)18-33-22-13-10-20(11-14-22)27(30)19-7-4-3-5-8-19/h3-5,7-8,10-15,17,23H,6,9,16,18H2,1-2H3/t23-/m1/s1. The van der Waals surface area contributed by atoms with Gasteiger partial charge < -0.3 is 19.1 Å². The zero-order valence-corrected chi connectivity index (χ0v) is 18.8. The molecule has 1 amide bonds. The SMILES string of the molecule is COc1ccc([C@H]2CCCN2C(=O)COc2ccc(C(=O)c3ccccc3)cc2)cc1OC. The number of hydrogen-bond acceptors (Lipinski definition) is 5. The van der Waals surface area contributed by atoms with Gasteiger partial charge in [0.25, 0.3) is 5.91 Å². The number of hydrogen-bond donors (Lipinski definition) is 0. The van der Waals surface area contributed by atoms with Crippen LogP contribution >= 0.6 is 0 Å². The summed E-state index contributed by atoms with van der Waals surface area (Å²) in [5.41, 5.74) is 2.23. The van der Waals surface area contributed by atoms with Crippen molar-refractivity contribution in [2.24, 2.45) is 0 Å². The second kappa shape index (κ2) is 10.2. The number of benzene rings is 3. The van der Waals surface area contributed by atoms with Crippen molar-refractivity contribution in [3.05, 3.63) is 89.5 Å². The molecule has 4 rings (SSSR count).